The molecule has 0 saturated carbocycles. The van der Waals surface area contributed by atoms with Crippen LogP contribution in [-0.2, 0) is 4.79 Å². The minimum Gasteiger partial charge on any atom is -0.481 e. The first-order chi connectivity index (χ1) is 28.2. The summed E-state index contributed by atoms with van der Waals surface area (Å²) in [6.07, 6.45) is 68.7. The molecule has 0 unspecified atom stereocenters. The highest BCUT2D eigenvalue weighted by Gasteiger charge is 1.99. The average molecular weight is 806 g/mol. The fourth-order valence-corrected chi connectivity index (χ4v) is 8.50. The molecule has 2 N–H and O–H groups in total. The Kier molecular flexibility index (Phi) is 59.1. The van der Waals surface area contributed by atoms with Crippen molar-refractivity contribution in [2.75, 3.05) is 13.6 Å². The van der Waals surface area contributed by atoms with Gasteiger partial charge in [-0.15, -0.1) is 0 Å². The molecule has 0 aromatic carbocycles. The number of carbonyl (C=O) groups is 1. The first-order valence-electron chi connectivity index (χ1n) is 27.0. The van der Waals surface area contributed by atoms with Gasteiger partial charge < -0.3 is 10.4 Å². The van der Waals surface area contributed by atoms with Gasteiger partial charge in [0.25, 0.3) is 0 Å². The van der Waals surface area contributed by atoms with E-state index in [1.54, 1.807) is 0 Å². The zero-order valence-corrected chi connectivity index (χ0v) is 40.2. The maximum Gasteiger partial charge on any atom is 0.303 e. The van der Waals surface area contributed by atoms with Crippen LogP contribution in [-0.4, -0.2) is 24.7 Å². The molecule has 0 aromatic heterocycles. The highest BCUT2D eigenvalue weighted by Crippen LogP contribution is 2.18. The number of unbranched alkanes of at least 4 members (excludes halogenated alkanes) is 46. The van der Waals surface area contributed by atoms with E-state index in [0.717, 1.165) is 12.8 Å². The minimum absolute atomic E-state index is 0.346. The van der Waals surface area contributed by atoms with E-state index in [1.807, 2.05) is 0 Å². The molecule has 0 atom stereocenters. The van der Waals surface area contributed by atoms with Crippen molar-refractivity contribution in [1.82, 2.24) is 5.32 Å². The first kappa shape index (κ1) is 58.5. The summed E-state index contributed by atoms with van der Waals surface area (Å²) < 4.78 is 0. The molecule has 344 valence electrons. The molecule has 3 heteroatoms. The van der Waals surface area contributed by atoms with Crippen LogP contribution in [0.15, 0.2) is 0 Å². The van der Waals surface area contributed by atoms with Crippen molar-refractivity contribution in [2.45, 2.75) is 328 Å². The minimum atomic E-state index is -0.649. The van der Waals surface area contributed by atoms with Crippen molar-refractivity contribution in [2.24, 2.45) is 0 Å². The van der Waals surface area contributed by atoms with Gasteiger partial charge in [-0.25, -0.2) is 0 Å². The fourth-order valence-electron chi connectivity index (χ4n) is 8.50. The van der Waals surface area contributed by atoms with Crippen molar-refractivity contribution in [3.63, 3.8) is 0 Å². The number of aliphatic carboxylic acids is 1. The van der Waals surface area contributed by atoms with E-state index in [-0.39, 0.29) is 0 Å². The lowest BCUT2D eigenvalue weighted by atomic mass is 10.0. The molecule has 0 bridgehead atoms. The van der Waals surface area contributed by atoms with E-state index in [0.29, 0.717) is 6.42 Å². The van der Waals surface area contributed by atoms with Gasteiger partial charge >= 0.3 is 5.97 Å². The molecule has 0 aromatic rings. The fraction of sp³-hybridized carbons (Fsp3) is 0.981. The van der Waals surface area contributed by atoms with Crippen LogP contribution in [0.3, 0.4) is 0 Å². The van der Waals surface area contributed by atoms with Crippen LogP contribution in [0.4, 0.5) is 0 Å². The summed E-state index contributed by atoms with van der Waals surface area (Å²) in [5, 5.41) is 11.8. The van der Waals surface area contributed by atoms with Gasteiger partial charge in [-0.2, -0.15) is 0 Å². The molecular formula is C54H111NO2. The Hall–Kier alpha value is -0.570. The summed E-state index contributed by atoms with van der Waals surface area (Å²) in [5.74, 6) is -0.649. The number of carboxylic acid groups (broad SMARTS) is 1. The van der Waals surface area contributed by atoms with E-state index in [4.69, 9.17) is 5.11 Å². The van der Waals surface area contributed by atoms with Gasteiger partial charge in [0.05, 0.1) is 0 Å². The topological polar surface area (TPSA) is 49.3 Å². The number of carboxylic acids is 1. The smallest absolute Gasteiger partial charge is 0.303 e. The second-order valence-electron chi connectivity index (χ2n) is 18.5. The summed E-state index contributed by atoms with van der Waals surface area (Å²) in [6.45, 7) is 5.79. The normalized spacial score (nSPS) is 11.3. The molecule has 0 radical (unpaired) electrons. The molecular weight excluding hydrogens is 695 g/mol. The van der Waals surface area contributed by atoms with Crippen LogP contribution in [0.2, 0.25) is 0 Å². The van der Waals surface area contributed by atoms with E-state index in [2.05, 4.69) is 26.2 Å². The van der Waals surface area contributed by atoms with E-state index in [1.165, 1.54) is 302 Å². The Morgan fingerprint density at radius 2 is 0.439 bits per heavy atom. The third kappa shape index (κ3) is 62.2. The average Bonchev–Trinajstić information content (AvgIpc) is 3.21. The largest absolute Gasteiger partial charge is 0.481 e. The highest BCUT2D eigenvalue weighted by atomic mass is 16.4. The molecule has 0 aliphatic heterocycles. The Morgan fingerprint density at radius 1 is 0.281 bits per heavy atom. The maximum absolute atomic E-state index is 10.4. The van der Waals surface area contributed by atoms with Crippen LogP contribution in [0.5, 0.6) is 0 Å². The molecule has 0 spiro atoms. The van der Waals surface area contributed by atoms with E-state index < -0.39 is 5.97 Å². The lowest BCUT2D eigenvalue weighted by molar-refractivity contribution is -0.137. The van der Waals surface area contributed by atoms with Crippen LogP contribution in [0.1, 0.15) is 328 Å². The molecule has 0 heterocycles. The number of hydrogen-bond acceptors (Lipinski definition) is 2. The molecule has 0 aliphatic carbocycles. The molecule has 0 aliphatic rings. The SMILES string of the molecule is CCCCCCCCCCCCCCCCCCCCCCCCCCC(=O)O.CCCCCCCCCCCCCCCCCCCCCCCCCCNC. The number of rotatable bonds is 50. The molecule has 0 rings (SSSR count). The first-order valence-corrected chi connectivity index (χ1v) is 27.0. The van der Waals surface area contributed by atoms with Gasteiger partial charge in [-0.1, -0.05) is 309 Å². The van der Waals surface area contributed by atoms with Crippen molar-refractivity contribution < 1.29 is 9.90 Å². The predicted octanol–water partition coefficient (Wildman–Crippen LogP) is 19.4. The lowest BCUT2D eigenvalue weighted by Gasteiger charge is -2.04. The summed E-state index contributed by atoms with van der Waals surface area (Å²) in [4.78, 5) is 10.4. The Morgan fingerprint density at radius 3 is 0.596 bits per heavy atom. The van der Waals surface area contributed by atoms with Gasteiger partial charge in [-0.05, 0) is 26.4 Å². The second-order valence-corrected chi connectivity index (χ2v) is 18.5. The zero-order chi connectivity index (χ0) is 41.6. The van der Waals surface area contributed by atoms with Crippen molar-refractivity contribution >= 4 is 5.97 Å². The summed E-state index contributed by atoms with van der Waals surface area (Å²) in [7, 11) is 2.05. The second kappa shape index (κ2) is 57.5. The summed E-state index contributed by atoms with van der Waals surface area (Å²) >= 11 is 0. The van der Waals surface area contributed by atoms with Gasteiger partial charge in [0.2, 0.25) is 0 Å². The molecule has 0 saturated heterocycles. The third-order valence-electron chi connectivity index (χ3n) is 12.5. The highest BCUT2D eigenvalue weighted by molar-refractivity contribution is 5.66. The van der Waals surface area contributed by atoms with Gasteiger partial charge in [0, 0.05) is 6.42 Å². The molecule has 0 fully saturated rings. The third-order valence-corrected chi connectivity index (χ3v) is 12.5. The number of hydrogen-bond donors (Lipinski definition) is 2. The Bertz CT molecular complexity index is 655. The zero-order valence-electron chi connectivity index (χ0n) is 40.2. The monoisotopic (exact) mass is 806 g/mol. The van der Waals surface area contributed by atoms with Crippen LogP contribution >= 0.6 is 0 Å². The van der Waals surface area contributed by atoms with Crippen molar-refractivity contribution in [3.05, 3.63) is 0 Å². The Labute approximate surface area is 362 Å². The van der Waals surface area contributed by atoms with Crippen molar-refractivity contribution in [3.8, 4) is 0 Å². The quantitative estimate of drug-likeness (QED) is 0.0602. The van der Waals surface area contributed by atoms with Crippen molar-refractivity contribution in [1.29, 1.82) is 0 Å². The number of nitrogens with one attached hydrogen (secondary N) is 1. The predicted molar refractivity (Wildman–Crippen MR) is 259 cm³/mol. The van der Waals surface area contributed by atoms with Crippen LogP contribution in [0, 0.1) is 0 Å². The van der Waals surface area contributed by atoms with Crippen LogP contribution in [0.25, 0.3) is 0 Å². The summed E-state index contributed by atoms with van der Waals surface area (Å²) in [5.41, 5.74) is 0. The van der Waals surface area contributed by atoms with Gasteiger partial charge in [0.1, 0.15) is 0 Å². The molecule has 3 nitrogen and oxygen atoms in total. The van der Waals surface area contributed by atoms with Gasteiger partial charge in [0.15, 0.2) is 0 Å². The van der Waals surface area contributed by atoms with E-state index >= 15 is 0 Å². The molecule has 0 amide bonds. The standard InChI is InChI=1S/C27H57N.C27H54O2/c1-3-4-5-6-7-8-9-10-11-12-13-14-15-16-17-18-19-20-21-22-23-24-25-26-27-28-2;1-2-3-4-5-6-7-8-9-10-11-12-13-14-15-16-17-18-19-20-21-22-23-24-25-26-27(28)29/h28H,3-27H2,1-2H3;2-26H2,1H3,(H,28,29). The summed E-state index contributed by atoms with van der Waals surface area (Å²) in [6, 6.07) is 0. The Balaban J connectivity index is 0. The van der Waals surface area contributed by atoms with Crippen LogP contribution < -0.4 is 5.32 Å². The molecule has 57 heavy (non-hydrogen) atoms. The van der Waals surface area contributed by atoms with Gasteiger partial charge in [-0.3, -0.25) is 4.79 Å². The lowest BCUT2D eigenvalue weighted by Crippen LogP contribution is -2.06. The van der Waals surface area contributed by atoms with E-state index in [9.17, 15) is 4.79 Å². The maximum atomic E-state index is 10.4.